The van der Waals surface area contributed by atoms with E-state index in [4.69, 9.17) is 0 Å². The normalized spacial score (nSPS) is 15.6. The molecule has 0 radical (unpaired) electrons. The van der Waals surface area contributed by atoms with Crippen LogP contribution in [0.2, 0.25) is 0 Å². The Kier molecular flexibility index (Phi) is 2.29. The van der Waals surface area contributed by atoms with Crippen molar-refractivity contribution in [2.45, 2.75) is 18.7 Å². The fraction of sp³-hybridized carbons (Fsp3) is 0.300. The van der Waals surface area contributed by atoms with Crippen molar-refractivity contribution < 1.29 is 4.21 Å². The Labute approximate surface area is 74.4 Å². The Morgan fingerprint density at radius 1 is 1.25 bits per heavy atom. The van der Waals surface area contributed by atoms with Gasteiger partial charge in [-0.3, -0.25) is 4.21 Å². The molecule has 1 aromatic rings. The molecule has 0 fully saturated rings. The molecule has 66 valence electrons. The minimum Gasteiger partial charge on any atom is -0.263 e. The highest BCUT2D eigenvalue weighted by atomic mass is 32.2. The van der Waals surface area contributed by atoms with E-state index >= 15 is 0 Å². The number of aryl methyl sites for hydroxylation is 2. The summed E-state index contributed by atoms with van der Waals surface area (Å²) in [6.07, 6.45) is 1.66. The van der Waals surface area contributed by atoms with Gasteiger partial charge in [-0.2, -0.15) is 0 Å². The Bertz CT molecular complexity index is 388. The van der Waals surface area contributed by atoms with Gasteiger partial charge in [-0.15, -0.1) is 0 Å². The molecule has 2 heteroatoms. The third-order valence-electron chi connectivity index (χ3n) is 1.98. The van der Waals surface area contributed by atoms with E-state index in [-0.39, 0.29) is 0 Å². The number of hydrogen-bond donors (Lipinski definition) is 0. The Morgan fingerprint density at radius 2 is 1.83 bits per heavy atom. The summed E-state index contributed by atoms with van der Waals surface area (Å²) in [5.41, 5.74) is 2.40. The summed E-state index contributed by atoms with van der Waals surface area (Å²) in [5.74, 6) is 3.64. The summed E-state index contributed by atoms with van der Waals surface area (Å²) in [4.78, 5) is 0.839. The quantitative estimate of drug-likeness (QED) is 0.607. The first-order chi connectivity index (χ1) is 5.41. The zero-order valence-electron chi connectivity index (χ0n) is 7.76. The molecule has 0 amide bonds. The molecule has 0 aromatic heterocycles. The van der Waals surface area contributed by atoms with Crippen LogP contribution in [0.25, 0.3) is 0 Å². The smallest absolute Gasteiger partial charge is 0.0305 e. The van der Waals surface area contributed by atoms with Crippen LogP contribution in [0.5, 0.6) is 0 Å². The first-order valence-electron chi connectivity index (χ1n) is 3.81. The van der Waals surface area contributed by atoms with Crippen molar-refractivity contribution in [3.63, 3.8) is 0 Å². The lowest BCUT2D eigenvalue weighted by Crippen LogP contribution is -1.97. The topological polar surface area (TPSA) is 17.1 Å². The van der Waals surface area contributed by atoms with Crippen LogP contribution in [0.15, 0.2) is 23.1 Å². The van der Waals surface area contributed by atoms with Gasteiger partial charge in [-0.05, 0) is 52.5 Å². The molecule has 0 aliphatic rings. The molecule has 12 heavy (non-hydrogen) atoms. The molecule has 0 saturated heterocycles. The van der Waals surface area contributed by atoms with E-state index < -0.39 is 9.52 Å². The first kappa shape index (κ1) is 9.33. The average molecular weight is 182 g/mol. The summed E-state index contributed by atoms with van der Waals surface area (Å²) in [6.45, 7) is 4.06. The van der Waals surface area contributed by atoms with Crippen molar-refractivity contribution in [1.29, 1.82) is 0 Å². The van der Waals surface area contributed by atoms with Crippen LogP contribution in [-0.2, 0) is 9.52 Å². The van der Waals surface area contributed by atoms with Gasteiger partial charge in [0.2, 0.25) is 0 Å². The second kappa shape index (κ2) is 2.94. The third-order valence-corrected chi connectivity index (χ3v) is 3.23. The van der Waals surface area contributed by atoms with Crippen LogP contribution in [0.4, 0.5) is 0 Å². The molecular weight excluding hydrogens is 168 g/mol. The highest BCUT2D eigenvalue weighted by Crippen LogP contribution is 2.13. The highest BCUT2D eigenvalue weighted by molar-refractivity contribution is 7.99. The van der Waals surface area contributed by atoms with Crippen LogP contribution >= 0.6 is 0 Å². The van der Waals surface area contributed by atoms with E-state index in [1.807, 2.05) is 32.0 Å². The van der Waals surface area contributed by atoms with Gasteiger partial charge in [0.1, 0.15) is 0 Å². The van der Waals surface area contributed by atoms with Crippen molar-refractivity contribution in [2.75, 3.05) is 6.26 Å². The molecule has 1 unspecified atom stereocenters. The van der Waals surface area contributed by atoms with Gasteiger partial charge in [-0.25, -0.2) is 0 Å². The molecule has 1 atom stereocenters. The molecular formula is C10H14OS. The van der Waals surface area contributed by atoms with Crippen molar-refractivity contribution in [3.05, 3.63) is 29.3 Å². The largest absolute Gasteiger partial charge is 0.263 e. The van der Waals surface area contributed by atoms with Crippen molar-refractivity contribution in [3.8, 4) is 0 Å². The van der Waals surface area contributed by atoms with Crippen molar-refractivity contribution >= 4 is 15.4 Å². The van der Waals surface area contributed by atoms with Crippen LogP contribution in [0, 0.1) is 13.8 Å². The Morgan fingerprint density at radius 3 is 2.25 bits per heavy atom. The summed E-state index contributed by atoms with van der Waals surface area (Å²) < 4.78 is 11.5. The lowest BCUT2D eigenvalue weighted by molar-refractivity contribution is 0.685. The molecule has 1 nitrogen and oxygen atoms in total. The zero-order chi connectivity index (χ0) is 9.35. The van der Waals surface area contributed by atoms with E-state index in [1.54, 1.807) is 6.26 Å². The van der Waals surface area contributed by atoms with Crippen LogP contribution < -0.4 is 0 Å². The molecule has 0 spiro atoms. The lowest BCUT2D eigenvalue weighted by Gasteiger charge is -2.05. The molecule has 1 aromatic carbocycles. The summed E-state index contributed by atoms with van der Waals surface area (Å²) >= 11 is 0. The van der Waals surface area contributed by atoms with Gasteiger partial charge in [0.25, 0.3) is 0 Å². The van der Waals surface area contributed by atoms with Gasteiger partial charge in [0.05, 0.1) is 0 Å². The SMILES string of the molecule is C=S(C)(=O)c1ccc(C)c(C)c1. The average Bonchev–Trinajstić information content (AvgIpc) is 1.92. The zero-order valence-corrected chi connectivity index (χ0v) is 8.57. The monoisotopic (exact) mass is 182 g/mol. The minimum atomic E-state index is -2.04. The van der Waals surface area contributed by atoms with E-state index in [0.717, 1.165) is 4.90 Å². The van der Waals surface area contributed by atoms with Gasteiger partial charge in [-0.1, -0.05) is 6.07 Å². The maximum Gasteiger partial charge on any atom is 0.0305 e. The predicted octanol–water partition coefficient (Wildman–Crippen LogP) is 2.01. The fourth-order valence-electron chi connectivity index (χ4n) is 0.982. The number of hydrogen-bond acceptors (Lipinski definition) is 1. The Balaban J connectivity index is 3.33. The molecule has 0 aliphatic heterocycles. The molecule has 0 bridgehead atoms. The molecule has 0 saturated carbocycles. The third kappa shape index (κ3) is 1.89. The second-order valence-corrected chi connectivity index (χ2v) is 5.73. The van der Waals surface area contributed by atoms with Crippen molar-refractivity contribution in [2.24, 2.45) is 0 Å². The maximum atomic E-state index is 11.5. The number of benzene rings is 1. The van der Waals surface area contributed by atoms with Gasteiger partial charge >= 0.3 is 0 Å². The van der Waals surface area contributed by atoms with E-state index in [1.165, 1.54) is 11.1 Å². The maximum absolute atomic E-state index is 11.5. The van der Waals surface area contributed by atoms with Gasteiger partial charge in [0.15, 0.2) is 0 Å². The summed E-state index contributed by atoms with van der Waals surface area (Å²) in [6, 6.07) is 5.82. The second-order valence-electron chi connectivity index (χ2n) is 3.25. The van der Waals surface area contributed by atoms with Crippen LogP contribution in [0.3, 0.4) is 0 Å². The predicted molar refractivity (Wildman–Crippen MR) is 55.4 cm³/mol. The van der Waals surface area contributed by atoms with Crippen LogP contribution in [0.1, 0.15) is 11.1 Å². The van der Waals surface area contributed by atoms with Gasteiger partial charge < -0.3 is 0 Å². The molecule has 0 heterocycles. The van der Waals surface area contributed by atoms with Crippen molar-refractivity contribution in [1.82, 2.24) is 0 Å². The Hall–Kier alpha value is -0.760. The highest BCUT2D eigenvalue weighted by Gasteiger charge is 2.01. The molecule has 0 aliphatic carbocycles. The standard InChI is InChI=1S/C10H14OS/c1-8-5-6-10(7-9(8)2)12(3,4)11/h5-7H,3H2,1-2,4H3. The summed E-state index contributed by atoms with van der Waals surface area (Å²) in [7, 11) is -2.04. The van der Waals surface area contributed by atoms with Crippen LogP contribution in [-0.4, -0.2) is 16.3 Å². The van der Waals surface area contributed by atoms with E-state index in [9.17, 15) is 4.21 Å². The first-order valence-corrected chi connectivity index (χ1v) is 5.94. The lowest BCUT2D eigenvalue weighted by atomic mass is 10.1. The van der Waals surface area contributed by atoms with E-state index in [0.29, 0.717) is 0 Å². The van der Waals surface area contributed by atoms with Gasteiger partial charge in [0, 0.05) is 11.2 Å². The van der Waals surface area contributed by atoms with E-state index in [2.05, 4.69) is 5.87 Å². The summed E-state index contributed by atoms with van der Waals surface area (Å²) in [5, 5.41) is 0. The fourth-order valence-corrected chi connectivity index (χ4v) is 1.76. The molecule has 1 rings (SSSR count). The minimum absolute atomic E-state index is 0.839. The molecule has 0 N–H and O–H groups in total. The number of rotatable bonds is 1.